The number of amides is 1. The molecular formula is C17H24N2O4S. The Bertz CT molecular complexity index is 687. The van der Waals surface area contributed by atoms with Crippen molar-refractivity contribution in [3.05, 3.63) is 24.3 Å². The van der Waals surface area contributed by atoms with Gasteiger partial charge in [0.1, 0.15) is 5.75 Å². The fourth-order valence-corrected chi connectivity index (χ4v) is 5.20. The summed E-state index contributed by atoms with van der Waals surface area (Å²) >= 11 is 0. The van der Waals surface area contributed by atoms with E-state index in [1.165, 1.54) is 49.9 Å². The van der Waals surface area contributed by atoms with Crippen molar-refractivity contribution >= 4 is 15.9 Å². The number of rotatable bonds is 7. The summed E-state index contributed by atoms with van der Waals surface area (Å²) in [5.74, 6) is 1.80. The zero-order valence-electron chi connectivity index (χ0n) is 13.6. The summed E-state index contributed by atoms with van der Waals surface area (Å²) in [6.07, 6.45) is 6.19. The minimum atomic E-state index is -3.52. The lowest BCUT2D eigenvalue weighted by Crippen LogP contribution is -2.31. The third-order valence-corrected chi connectivity index (χ3v) is 6.72. The first-order valence-corrected chi connectivity index (χ1v) is 9.95. The Labute approximate surface area is 142 Å². The van der Waals surface area contributed by atoms with E-state index in [1.54, 1.807) is 0 Å². The van der Waals surface area contributed by atoms with Gasteiger partial charge in [-0.25, -0.2) is 13.1 Å². The van der Waals surface area contributed by atoms with Crippen molar-refractivity contribution in [3.8, 4) is 5.75 Å². The van der Waals surface area contributed by atoms with E-state index in [2.05, 4.69) is 4.72 Å². The summed E-state index contributed by atoms with van der Waals surface area (Å²) in [6, 6.07) is 6.01. The zero-order chi connectivity index (χ0) is 17.2. The van der Waals surface area contributed by atoms with Gasteiger partial charge in [-0.2, -0.15) is 0 Å². The third-order valence-electron chi connectivity index (χ3n) is 5.28. The minimum Gasteiger partial charge on any atom is -0.484 e. The molecule has 0 bridgehead atoms. The van der Waals surface area contributed by atoms with Gasteiger partial charge in [0, 0.05) is 6.54 Å². The van der Waals surface area contributed by atoms with Crippen molar-refractivity contribution in [1.82, 2.24) is 4.72 Å². The van der Waals surface area contributed by atoms with Gasteiger partial charge in [0.2, 0.25) is 10.0 Å². The molecule has 3 rings (SSSR count). The van der Waals surface area contributed by atoms with Crippen LogP contribution in [-0.4, -0.2) is 27.5 Å². The number of ether oxygens (including phenoxy) is 1. The van der Waals surface area contributed by atoms with Crippen molar-refractivity contribution in [2.75, 3.05) is 13.2 Å². The Kier molecular flexibility index (Phi) is 5.10. The number of hydrogen-bond donors (Lipinski definition) is 2. The Hall–Kier alpha value is -1.60. The van der Waals surface area contributed by atoms with E-state index in [0.29, 0.717) is 24.1 Å². The second-order valence-electron chi connectivity index (χ2n) is 6.77. The third kappa shape index (κ3) is 3.89. The molecule has 1 aromatic carbocycles. The quantitative estimate of drug-likeness (QED) is 0.779. The molecule has 2 aliphatic carbocycles. The lowest BCUT2D eigenvalue weighted by atomic mass is 9.92. The molecule has 0 spiro atoms. The molecule has 0 aliphatic heterocycles. The van der Waals surface area contributed by atoms with Gasteiger partial charge in [-0.05, 0) is 61.3 Å². The minimum absolute atomic E-state index is 0.204. The second kappa shape index (κ2) is 7.11. The highest BCUT2D eigenvalue weighted by Crippen LogP contribution is 2.47. The van der Waals surface area contributed by atoms with Crippen molar-refractivity contribution in [3.63, 3.8) is 0 Å². The largest absolute Gasteiger partial charge is 0.484 e. The van der Waals surface area contributed by atoms with Crippen molar-refractivity contribution < 1.29 is 17.9 Å². The van der Waals surface area contributed by atoms with Crippen LogP contribution in [0.15, 0.2) is 29.2 Å². The average molecular weight is 352 g/mol. The first kappa shape index (κ1) is 17.2. The number of benzene rings is 1. The van der Waals surface area contributed by atoms with Crippen LogP contribution in [0, 0.1) is 17.8 Å². The van der Waals surface area contributed by atoms with Gasteiger partial charge in [-0.15, -0.1) is 0 Å². The van der Waals surface area contributed by atoms with Gasteiger partial charge in [-0.3, -0.25) is 4.79 Å². The zero-order valence-corrected chi connectivity index (χ0v) is 14.4. The van der Waals surface area contributed by atoms with E-state index in [4.69, 9.17) is 10.5 Å². The number of nitrogens with two attached hydrogens (primary N) is 1. The number of carbonyl (C=O) groups is 1. The first-order chi connectivity index (χ1) is 11.5. The van der Waals surface area contributed by atoms with Crippen LogP contribution in [-0.2, 0) is 14.8 Å². The molecule has 0 saturated heterocycles. The van der Waals surface area contributed by atoms with Crippen LogP contribution in [0.2, 0.25) is 0 Å². The molecule has 24 heavy (non-hydrogen) atoms. The molecule has 3 N–H and O–H groups in total. The van der Waals surface area contributed by atoms with E-state index in [1.807, 2.05) is 0 Å². The summed E-state index contributed by atoms with van der Waals surface area (Å²) < 4.78 is 32.8. The van der Waals surface area contributed by atoms with Crippen molar-refractivity contribution in [1.29, 1.82) is 0 Å². The number of hydrogen-bond acceptors (Lipinski definition) is 4. The van der Waals surface area contributed by atoms with Crippen LogP contribution in [0.5, 0.6) is 5.75 Å². The van der Waals surface area contributed by atoms with E-state index in [9.17, 15) is 13.2 Å². The highest BCUT2D eigenvalue weighted by molar-refractivity contribution is 7.89. The predicted molar refractivity (Wildman–Crippen MR) is 89.9 cm³/mol. The van der Waals surface area contributed by atoms with Crippen LogP contribution in [0.1, 0.15) is 32.1 Å². The maximum Gasteiger partial charge on any atom is 0.255 e. The first-order valence-electron chi connectivity index (χ1n) is 8.46. The normalized spacial score (nSPS) is 26.2. The second-order valence-corrected chi connectivity index (χ2v) is 8.54. The fraction of sp³-hybridized carbons (Fsp3) is 0.588. The van der Waals surface area contributed by atoms with E-state index >= 15 is 0 Å². The van der Waals surface area contributed by atoms with Crippen LogP contribution in [0.3, 0.4) is 0 Å². The maximum atomic E-state index is 12.4. The molecule has 132 valence electrons. The van der Waals surface area contributed by atoms with Gasteiger partial charge < -0.3 is 10.5 Å². The fourth-order valence-electron chi connectivity index (χ4n) is 4.11. The highest BCUT2D eigenvalue weighted by Gasteiger charge is 2.39. The molecule has 2 saturated carbocycles. The van der Waals surface area contributed by atoms with Gasteiger partial charge in [0.05, 0.1) is 4.90 Å². The molecule has 2 fully saturated rings. The standard InChI is InChI=1S/C17H24N2O4S/c18-17(20)11-23-14-6-8-15(9-7-14)24(21,22)19-10-13-5-4-12-2-1-3-16(12)13/h6-9,12-13,16,19H,1-5,10-11H2,(H2,18,20)/t12-,13+,16-/m0/s1. The Morgan fingerprint density at radius 3 is 2.62 bits per heavy atom. The summed E-state index contributed by atoms with van der Waals surface area (Å²) in [5.41, 5.74) is 5.01. The number of sulfonamides is 1. The van der Waals surface area contributed by atoms with E-state index in [0.717, 1.165) is 12.3 Å². The summed E-state index contributed by atoms with van der Waals surface area (Å²) in [6.45, 7) is 0.290. The van der Waals surface area contributed by atoms with Crippen molar-refractivity contribution in [2.24, 2.45) is 23.5 Å². The van der Waals surface area contributed by atoms with Gasteiger partial charge in [-0.1, -0.05) is 12.8 Å². The topological polar surface area (TPSA) is 98.5 Å². The molecule has 3 atom stereocenters. The molecule has 0 heterocycles. The molecular weight excluding hydrogens is 328 g/mol. The molecule has 1 amide bonds. The monoisotopic (exact) mass is 352 g/mol. The van der Waals surface area contributed by atoms with Crippen LogP contribution in [0.4, 0.5) is 0 Å². The number of primary amides is 1. The molecule has 0 unspecified atom stereocenters. The van der Waals surface area contributed by atoms with Gasteiger partial charge >= 0.3 is 0 Å². The number of carbonyl (C=O) groups excluding carboxylic acids is 1. The van der Waals surface area contributed by atoms with Crippen LogP contribution >= 0.6 is 0 Å². The van der Waals surface area contributed by atoms with Crippen LogP contribution in [0.25, 0.3) is 0 Å². The Balaban J connectivity index is 1.57. The van der Waals surface area contributed by atoms with E-state index < -0.39 is 15.9 Å². The lowest BCUT2D eigenvalue weighted by molar-refractivity contribution is -0.119. The van der Waals surface area contributed by atoms with E-state index in [-0.39, 0.29) is 11.5 Å². The SMILES string of the molecule is NC(=O)COc1ccc(S(=O)(=O)NC[C@H]2CC[C@@H]3CCC[C@@H]32)cc1. The van der Waals surface area contributed by atoms with Crippen molar-refractivity contribution in [2.45, 2.75) is 37.0 Å². The highest BCUT2D eigenvalue weighted by atomic mass is 32.2. The molecule has 0 aromatic heterocycles. The molecule has 6 nitrogen and oxygen atoms in total. The van der Waals surface area contributed by atoms with Gasteiger partial charge in [0.15, 0.2) is 6.61 Å². The predicted octanol–water partition coefficient (Wildman–Crippen LogP) is 1.66. The van der Waals surface area contributed by atoms with Gasteiger partial charge in [0.25, 0.3) is 5.91 Å². The average Bonchev–Trinajstić information content (AvgIpc) is 3.15. The molecule has 1 aromatic rings. The molecule has 2 aliphatic rings. The van der Waals surface area contributed by atoms with Crippen LogP contribution < -0.4 is 15.2 Å². The maximum absolute atomic E-state index is 12.4. The lowest BCUT2D eigenvalue weighted by Gasteiger charge is -2.19. The smallest absolute Gasteiger partial charge is 0.255 e. The Morgan fingerprint density at radius 1 is 1.17 bits per heavy atom. The summed E-state index contributed by atoms with van der Waals surface area (Å²) in [4.78, 5) is 10.9. The molecule has 7 heteroatoms. The number of fused-ring (bicyclic) bond motifs is 1. The summed E-state index contributed by atoms with van der Waals surface area (Å²) in [5, 5.41) is 0. The molecule has 0 radical (unpaired) electrons. The summed E-state index contributed by atoms with van der Waals surface area (Å²) in [7, 11) is -3.52. The number of nitrogens with one attached hydrogen (secondary N) is 1. The Morgan fingerprint density at radius 2 is 1.92 bits per heavy atom.